The number of hydrogen-bond donors (Lipinski definition) is 2. The van der Waals surface area contributed by atoms with Crippen LogP contribution in [0, 0.1) is 0 Å². The van der Waals surface area contributed by atoms with Crippen LogP contribution in [0.25, 0.3) is 0 Å². The van der Waals surface area contributed by atoms with Crippen LogP contribution in [0.15, 0.2) is 28.7 Å². The van der Waals surface area contributed by atoms with Gasteiger partial charge in [0, 0.05) is 16.6 Å². The maximum absolute atomic E-state index is 11.9. The summed E-state index contributed by atoms with van der Waals surface area (Å²) in [7, 11) is 0. The Morgan fingerprint density at radius 3 is 2.89 bits per heavy atom. The van der Waals surface area contributed by atoms with Gasteiger partial charge in [0.25, 0.3) is 5.91 Å². The van der Waals surface area contributed by atoms with Crippen LogP contribution >= 0.6 is 27.7 Å². The second kappa shape index (κ2) is 7.16. The standard InChI is InChI=1S/C13H18BrNO2S/c1-13(17,6-7-18-2)9-15-12(16)10-4-3-5-11(14)8-10/h3-5,8,17H,6-7,9H2,1-2H3,(H,15,16). The number of hydrogen-bond acceptors (Lipinski definition) is 3. The quantitative estimate of drug-likeness (QED) is 0.842. The summed E-state index contributed by atoms with van der Waals surface area (Å²) in [5, 5.41) is 12.8. The molecule has 1 aromatic rings. The molecule has 0 spiro atoms. The molecule has 100 valence electrons. The predicted molar refractivity (Wildman–Crippen MR) is 80.1 cm³/mol. The minimum absolute atomic E-state index is 0.166. The van der Waals surface area contributed by atoms with Crippen LogP contribution in [0.2, 0.25) is 0 Å². The third-order valence-corrected chi connectivity index (χ3v) is 3.67. The molecule has 1 rings (SSSR count). The maximum Gasteiger partial charge on any atom is 0.251 e. The fourth-order valence-corrected chi connectivity index (χ4v) is 2.46. The number of carbonyl (C=O) groups excluding carboxylic acids is 1. The molecular formula is C13H18BrNO2S. The van der Waals surface area contributed by atoms with Gasteiger partial charge in [-0.15, -0.1) is 0 Å². The van der Waals surface area contributed by atoms with Crippen molar-refractivity contribution in [3.63, 3.8) is 0 Å². The highest BCUT2D eigenvalue weighted by Crippen LogP contribution is 2.13. The highest BCUT2D eigenvalue weighted by molar-refractivity contribution is 9.10. The molecule has 0 radical (unpaired) electrons. The van der Waals surface area contributed by atoms with Gasteiger partial charge < -0.3 is 10.4 Å². The Labute approximate surface area is 120 Å². The third-order valence-electron chi connectivity index (χ3n) is 2.56. The van der Waals surface area contributed by atoms with E-state index in [2.05, 4.69) is 21.2 Å². The average Bonchev–Trinajstić information content (AvgIpc) is 2.34. The Morgan fingerprint density at radius 2 is 2.28 bits per heavy atom. The van der Waals surface area contributed by atoms with Crippen molar-refractivity contribution in [2.75, 3.05) is 18.6 Å². The molecule has 1 unspecified atom stereocenters. The first-order chi connectivity index (χ1) is 8.44. The Kier molecular flexibility index (Phi) is 6.18. The van der Waals surface area contributed by atoms with Gasteiger partial charge in [0.1, 0.15) is 0 Å². The summed E-state index contributed by atoms with van der Waals surface area (Å²) in [6.07, 6.45) is 2.66. The van der Waals surface area contributed by atoms with Crippen LogP contribution in [0.5, 0.6) is 0 Å². The molecule has 0 bridgehead atoms. The number of halogens is 1. The van der Waals surface area contributed by atoms with Crippen molar-refractivity contribution in [1.82, 2.24) is 5.32 Å². The molecule has 0 fully saturated rings. The zero-order chi connectivity index (χ0) is 13.6. The van der Waals surface area contributed by atoms with Crippen molar-refractivity contribution in [2.24, 2.45) is 0 Å². The molecule has 0 aliphatic rings. The molecule has 0 aliphatic heterocycles. The third kappa shape index (κ3) is 5.42. The molecule has 0 heterocycles. The Hall–Kier alpha value is -0.520. The number of amides is 1. The van der Waals surface area contributed by atoms with Crippen molar-refractivity contribution in [3.8, 4) is 0 Å². The van der Waals surface area contributed by atoms with Gasteiger partial charge in [-0.3, -0.25) is 4.79 Å². The first kappa shape index (κ1) is 15.5. The summed E-state index contributed by atoms with van der Waals surface area (Å²) in [4.78, 5) is 11.9. The topological polar surface area (TPSA) is 49.3 Å². The van der Waals surface area contributed by atoms with Crippen LogP contribution in [-0.2, 0) is 0 Å². The van der Waals surface area contributed by atoms with Gasteiger partial charge in [-0.05, 0) is 43.6 Å². The molecule has 0 aliphatic carbocycles. The zero-order valence-corrected chi connectivity index (χ0v) is 13.0. The van der Waals surface area contributed by atoms with Gasteiger partial charge in [-0.1, -0.05) is 22.0 Å². The predicted octanol–water partition coefficient (Wildman–Crippen LogP) is 2.68. The molecule has 0 saturated heterocycles. The van der Waals surface area contributed by atoms with Crippen LogP contribution in [0.3, 0.4) is 0 Å². The van der Waals surface area contributed by atoms with E-state index in [-0.39, 0.29) is 12.5 Å². The minimum atomic E-state index is -0.856. The summed E-state index contributed by atoms with van der Waals surface area (Å²) in [6, 6.07) is 7.18. The van der Waals surface area contributed by atoms with Crippen molar-refractivity contribution in [3.05, 3.63) is 34.3 Å². The van der Waals surface area contributed by atoms with Crippen molar-refractivity contribution in [1.29, 1.82) is 0 Å². The first-order valence-corrected chi connectivity index (χ1v) is 7.88. The molecule has 1 amide bonds. The van der Waals surface area contributed by atoms with E-state index in [1.165, 1.54) is 0 Å². The number of rotatable bonds is 6. The van der Waals surface area contributed by atoms with Gasteiger partial charge >= 0.3 is 0 Å². The van der Waals surface area contributed by atoms with Crippen LogP contribution in [-0.4, -0.2) is 35.2 Å². The monoisotopic (exact) mass is 331 g/mol. The average molecular weight is 332 g/mol. The van der Waals surface area contributed by atoms with Gasteiger partial charge in [0.15, 0.2) is 0 Å². The van der Waals surface area contributed by atoms with E-state index in [1.54, 1.807) is 30.8 Å². The second-order valence-electron chi connectivity index (χ2n) is 4.43. The van der Waals surface area contributed by atoms with Gasteiger partial charge in [-0.2, -0.15) is 11.8 Å². The van der Waals surface area contributed by atoms with E-state index in [4.69, 9.17) is 0 Å². The number of benzene rings is 1. The summed E-state index contributed by atoms with van der Waals surface area (Å²) < 4.78 is 0.865. The first-order valence-electron chi connectivity index (χ1n) is 5.70. The maximum atomic E-state index is 11.9. The molecule has 0 aromatic heterocycles. The summed E-state index contributed by atoms with van der Waals surface area (Å²) in [5.41, 5.74) is -0.268. The summed E-state index contributed by atoms with van der Waals surface area (Å²) in [6.45, 7) is 2.00. The smallest absolute Gasteiger partial charge is 0.251 e. The van der Waals surface area contributed by atoms with Crippen molar-refractivity contribution in [2.45, 2.75) is 18.9 Å². The van der Waals surface area contributed by atoms with Gasteiger partial charge in [0.2, 0.25) is 0 Å². The molecule has 1 aromatic carbocycles. The van der Waals surface area contributed by atoms with Crippen LogP contribution < -0.4 is 5.32 Å². The molecule has 18 heavy (non-hydrogen) atoms. The number of carbonyl (C=O) groups is 1. The lowest BCUT2D eigenvalue weighted by atomic mass is 10.0. The van der Waals surface area contributed by atoms with E-state index in [9.17, 15) is 9.90 Å². The van der Waals surface area contributed by atoms with Crippen molar-refractivity contribution < 1.29 is 9.90 Å². The number of nitrogens with one attached hydrogen (secondary N) is 1. The number of aliphatic hydroxyl groups is 1. The number of thioether (sulfide) groups is 1. The van der Waals surface area contributed by atoms with E-state index in [0.29, 0.717) is 12.0 Å². The molecule has 1 atom stereocenters. The Morgan fingerprint density at radius 1 is 1.56 bits per heavy atom. The lowest BCUT2D eigenvalue weighted by molar-refractivity contribution is 0.0528. The Bertz CT molecular complexity index is 410. The lowest BCUT2D eigenvalue weighted by Gasteiger charge is -2.23. The normalized spacial score (nSPS) is 14.0. The highest BCUT2D eigenvalue weighted by atomic mass is 79.9. The largest absolute Gasteiger partial charge is 0.388 e. The van der Waals surface area contributed by atoms with E-state index < -0.39 is 5.60 Å². The highest BCUT2D eigenvalue weighted by Gasteiger charge is 2.20. The van der Waals surface area contributed by atoms with Gasteiger partial charge in [0.05, 0.1) is 5.60 Å². The molecule has 5 heteroatoms. The Balaban J connectivity index is 2.50. The van der Waals surface area contributed by atoms with Crippen LogP contribution in [0.1, 0.15) is 23.7 Å². The molecule has 2 N–H and O–H groups in total. The molecular weight excluding hydrogens is 314 g/mol. The summed E-state index contributed by atoms with van der Waals surface area (Å²) in [5.74, 6) is 0.709. The minimum Gasteiger partial charge on any atom is -0.388 e. The summed E-state index contributed by atoms with van der Waals surface area (Å²) >= 11 is 5.01. The SMILES string of the molecule is CSCCC(C)(O)CNC(=O)c1cccc(Br)c1. The van der Waals surface area contributed by atoms with Crippen LogP contribution in [0.4, 0.5) is 0 Å². The fraction of sp³-hybridized carbons (Fsp3) is 0.462. The molecule has 0 saturated carbocycles. The zero-order valence-electron chi connectivity index (χ0n) is 10.6. The fourth-order valence-electron chi connectivity index (χ4n) is 1.41. The van der Waals surface area contributed by atoms with E-state index in [1.807, 2.05) is 18.4 Å². The second-order valence-corrected chi connectivity index (χ2v) is 6.33. The molecule has 3 nitrogen and oxygen atoms in total. The van der Waals surface area contributed by atoms with Crippen molar-refractivity contribution >= 4 is 33.6 Å². The van der Waals surface area contributed by atoms with Gasteiger partial charge in [-0.25, -0.2) is 0 Å². The van der Waals surface area contributed by atoms with E-state index >= 15 is 0 Å². The lowest BCUT2D eigenvalue weighted by Crippen LogP contribution is -2.41. The van der Waals surface area contributed by atoms with E-state index in [0.717, 1.165) is 10.2 Å².